The van der Waals surface area contributed by atoms with Gasteiger partial charge in [-0.2, -0.15) is 5.10 Å². The molecular weight excluding hydrogens is 318 g/mol. The summed E-state index contributed by atoms with van der Waals surface area (Å²) in [5.74, 6) is 0.0468. The normalized spacial score (nSPS) is 27.9. The SMILES string of the molecule is CC1CN(CC2CCCN2C(=O)c2cnn3cccnc23)CC(C)O1. The van der Waals surface area contributed by atoms with Gasteiger partial charge < -0.3 is 9.64 Å². The van der Waals surface area contributed by atoms with Gasteiger partial charge >= 0.3 is 0 Å². The second-order valence-electron chi connectivity index (χ2n) is 7.22. The van der Waals surface area contributed by atoms with Crippen molar-refractivity contribution >= 4 is 11.6 Å². The summed E-state index contributed by atoms with van der Waals surface area (Å²) in [6, 6.07) is 2.07. The Morgan fingerprint density at radius 1 is 1.32 bits per heavy atom. The van der Waals surface area contributed by atoms with Gasteiger partial charge in [-0.05, 0) is 32.8 Å². The molecule has 0 radical (unpaired) electrons. The third kappa shape index (κ3) is 3.26. The molecule has 0 bridgehead atoms. The number of amides is 1. The highest BCUT2D eigenvalue weighted by atomic mass is 16.5. The first-order valence-electron chi connectivity index (χ1n) is 9.09. The van der Waals surface area contributed by atoms with Gasteiger partial charge in [0.2, 0.25) is 0 Å². The summed E-state index contributed by atoms with van der Waals surface area (Å²) in [5.41, 5.74) is 1.22. The van der Waals surface area contributed by atoms with Crippen molar-refractivity contribution in [3.05, 3.63) is 30.2 Å². The van der Waals surface area contributed by atoms with Gasteiger partial charge in [-0.25, -0.2) is 9.50 Å². The van der Waals surface area contributed by atoms with Crippen LogP contribution in [-0.2, 0) is 4.74 Å². The lowest BCUT2D eigenvalue weighted by Gasteiger charge is -2.38. The van der Waals surface area contributed by atoms with Crippen LogP contribution in [0.1, 0.15) is 37.0 Å². The number of carbonyl (C=O) groups is 1. The van der Waals surface area contributed by atoms with Crippen LogP contribution < -0.4 is 0 Å². The van der Waals surface area contributed by atoms with Crippen molar-refractivity contribution in [1.29, 1.82) is 0 Å². The lowest BCUT2D eigenvalue weighted by Crippen LogP contribution is -2.50. The Kier molecular flexibility index (Phi) is 4.43. The fraction of sp³-hybridized carbons (Fsp3) is 0.611. The van der Waals surface area contributed by atoms with E-state index in [9.17, 15) is 4.79 Å². The van der Waals surface area contributed by atoms with Crippen molar-refractivity contribution in [1.82, 2.24) is 24.4 Å². The molecule has 1 amide bonds. The van der Waals surface area contributed by atoms with Gasteiger partial charge in [0.05, 0.1) is 18.4 Å². The van der Waals surface area contributed by atoms with Crippen LogP contribution in [0.4, 0.5) is 0 Å². The Bertz CT molecular complexity index is 751. The molecule has 2 fully saturated rings. The van der Waals surface area contributed by atoms with Crippen LogP contribution in [0, 0.1) is 0 Å². The maximum Gasteiger partial charge on any atom is 0.259 e. The molecule has 2 aliphatic heterocycles. The van der Waals surface area contributed by atoms with Gasteiger partial charge in [-0.1, -0.05) is 0 Å². The number of carbonyl (C=O) groups excluding carboxylic acids is 1. The van der Waals surface area contributed by atoms with Gasteiger partial charge in [0, 0.05) is 44.6 Å². The van der Waals surface area contributed by atoms with Gasteiger partial charge in [0.15, 0.2) is 5.65 Å². The Morgan fingerprint density at radius 2 is 2.12 bits per heavy atom. The highest BCUT2D eigenvalue weighted by Crippen LogP contribution is 2.23. The van der Waals surface area contributed by atoms with Crippen LogP contribution in [0.3, 0.4) is 0 Å². The smallest absolute Gasteiger partial charge is 0.259 e. The average Bonchev–Trinajstić information content (AvgIpc) is 3.20. The zero-order chi connectivity index (χ0) is 17.4. The number of fused-ring (bicyclic) bond motifs is 1. The molecule has 4 rings (SSSR count). The van der Waals surface area contributed by atoms with E-state index in [4.69, 9.17) is 4.74 Å². The van der Waals surface area contributed by atoms with E-state index in [1.165, 1.54) is 0 Å². The van der Waals surface area contributed by atoms with E-state index in [2.05, 4.69) is 28.8 Å². The number of rotatable bonds is 3. The minimum Gasteiger partial charge on any atom is -0.373 e. The van der Waals surface area contributed by atoms with E-state index in [-0.39, 0.29) is 24.2 Å². The van der Waals surface area contributed by atoms with Crippen LogP contribution in [-0.4, -0.2) is 74.7 Å². The average molecular weight is 343 g/mol. The third-order valence-corrected chi connectivity index (χ3v) is 5.11. The molecule has 0 aliphatic carbocycles. The molecule has 0 aromatic carbocycles. The van der Waals surface area contributed by atoms with E-state index >= 15 is 0 Å². The first-order valence-corrected chi connectivity index (χ1v) is 9.09. The Labute approximate surface area is 147 Å². The van der Waals surface area contributed by atoms with Crippen LogP contribution in [0.5, 0.6) is 0 Å². The van der Waals surface area contributed by atoms with Crippen LogP contribution in [0.15, 0.2) is 24.7 Å². The molecule has 0 N–H and O–H groups in total. The van der Waals surface area contributed by atoms with Crippen molar-refractivity contribution in [3.8, 4) is 0 Å². The number of aromatic nitrogens is 3. The molecule has 25 heavy (non-hydrogen) atoms. The second kappa shape index (κ2) is 6.72. The maximum atomic E-state index is 13.1. The minimum absolute atomic E-state index is 0.0468. The van der Waals surface area contributed by atoms with Crippen LogP contribution >= 0.6 is 0 Å². The van der Waals surface area contributed by atoms with Crippen LogP contribution in [0.25, 0.3) is 5.65 Å². The van der Waals surface area contributed by atoms with E-state index in [1.807, 2.05) is 17.2 Å². The Hall–Kier alpha value is -1.99. The largest absolute Gasteiger partial charge is 0.373 e. The van der Waals surface area contributed by atoms with Gasteiger partial charge in [0.25, 0.3) is 5.91 Å². The summed E-state index contributed by atoms with van der Waals surface area (Å²) in [4.78, 5) is 21.9. The van der Waals surface area contributed by atoms with Crippen molar-refractivity contribution in [2.45, 2.75) is 44.9 Å². The van der Waals surface area contributed by atoms with Gasteiger partial charge in [0.1, 0.15) is 5.56 Å². The molecule has 7 nitrogen and oxygen atoms in total. The van der Waals surface area contributed by atoms with Crippen molar-refractivity contribution < 1.29 is 9.53 Å². The summed E-state index contributed by atoms with van der Waals surface area (Å²) in [7, 11) is 0. The highest BCUT2D eigenvalue weighted by molar-refractivity contribution is 5.99. The highest BCUT2D eigenvalue weighted by Gasteiger charge is 2.34. The van der Waals surface area contributed by atoms with Crippen LogP contribution in [0.2, 0.25) is 0 Å². The van der Waals surface area contributed by atoms with Crippen molar-refractivity contribution in [2.24, 2.45) is 0 Å². The second-order valence-corrected chi connectivity index (χ2v) is 7.22. The lowest BCUT2D eigenvalue weighted by atomic mass is 10.1. The predicted molar refractivity (Wildman–Crippen MR) is 93.5 cm³/mol. The number of nitrogens with zero attached hydrogens (tertiary/aromatic N) is 5. The van der Waals surface area contributed by atoms with Crippen molar-refractivity contribution in [2.75, 3.05) is 26.2 Å². The fourth-order valence-electron chi connectivity index (χ4n) is 4.16. The first kappa shape index (κ1) is 16.5. The molecule has 3 unspecified atom stereocenters. The molecule has 4 heterocycles. The third-order valence-electron chi connectivity index (χ3n) is 5.11. The number of likely N-dealkylation sites (tertiary alicyclic amines) is 1. The summed E-state index contributed by atoms with van der Waals surface area (Å²) in [6.07, 6.45) is 7.76. The predicted octanol–water partition coefficient (Wildman–Crippen LogP) is 1.44. The summed E-state index contributed by atoms with van der Waals surface area (Å²) in [6.45, 7) is 7.82. The first-order chi connectivity index (χ1) is 12.1. The standard InChI is InChI=1S/C18H25N5O2/c1-13-10-21(11-14(2)25-13)12-15-5-3-7-22(15)18(24)16-9-20-23-8-4-6-19-17(16)23/h4,6,8-9,13-15H,3,5,7,10-12H2,1-2H3. The number of ether oxygens (including phenoxy) is 1. The maximum absolute atomic E-state index is 13.1. The van der Waals surface area contributed by atoms with E-state index in [1.54, 1.807) is 16.9 Å². The summed E-state index contributed by atoms with van der Waals surface area (Å²) >= 11 is 0. The van der Waals surface area contributed by atoms with Gasteiger partial charge in [-0.15, -0.1) is 0 Å². The number of hydrogen-bond acceptors (Lipinski definition) is 5. The molecule has 3 atom stereocenters. The molecule has 2 aromatic heterocycles. The quantitative estimate of drug-likeness (QED) is 0.844. The van der Waals surface area contributed by atoms with E-state index < -0.39 is 0 Å². The van der Waals surface area contributed by atoms with E-state index in [0.717, 1.165) is 39.0 Å². The summed E-state index contributed by atoms with van der Waals surface area (Å²) < 4.78 is 7.48. The Morgan fingerprint density at radius 3 is 2.92 bits per heavy atom. The van der Waals surface area contributed by atoms with Crippen molar-refractivity contribution in [3.63, 3.8) is 0 Å². The Balaban J connectivity index is 1.50. The fourth-order valence-corrected chi connectivity index (χ4v) is 4.16. The molecule has 2 aromatic rings. The zero-order valence-electron chi connectivity index (χ0n) is 14.8. The molecule has 134 valence electrons. The molecule has 7 heteroatoms. The molecule has 0 spiro atoms. The monoisotopic (exact) mass is 343 g/mol. The minimum atomic E-state index is 0.0468. The summed E-state index contributed by atoms with van der Waals surface area (Å²) in [5, 5.41) is 4.25. The zero-order valence-corrected chi connectivity index (χ0v) is 14.8. The molecular formula is C18H25N5O2. The topological polar surface area (TPSA) is 63.0 Å². The lowest BCUT2D eigenvalue weighted by molar-refractivity contribution is -0.0715. The number of morpholine rings is 1. The molecule has 2 aliphatic rings. The van der Waals surface area contributed by atoms with E-state index in [0.29, 0.717) is 11.2 Å². The van der Waals surface area contributed by atoms with Gasteiger partial charge in [-0.3, -0.25) is 9.69 Å². The molecule has 0 saturated carbocycles. The number of hydrogen-bond donors (Lipinski definition) is 0. The molecule has 2 saturated heterocycles.